The fourth-order valence-corrected chi connectivity index (χ4v) is 1.67. The van der Waals surface area contributed by atoms with E-state index >= 15 is 0 Å². The molecule has 0 saturated carbocycles. The molecular formula is C5H6N2S. The average molecular weight is 126 g/mol. The summed E-state index contributed by atoms with van der Waals surface area (Å²) >= 11 is 1.76. The second-order valence-electron chi connectivity index (χ2n) is 1.78. The van der Waals surface area contributed by atoms with Crippen LogP contribution < -0.4 is 0 Å². The Labute approximate surface area is 52.3 Å². The number of aliphatic imine (C=N–C) groups is 1. The molecule has 0 radical (unpaired) electrons. The van der Waals surface area contributed by atoms with Crippen molar-refractivity contribution in [2.24, 2.45) is 4.99 Å². The lowest BCUT2D eigenvalue weighted by Gasteiger charge is -2.10. The van der Waals surface area contributed by atoms with Crippen LogP contribution in [-0.4, -0.2) is 23.2 Å². The van der Waals surface area contributed by atoms with Crippen LogP contribution in [0.4, 0.5) is 0 Å². The predicted molar refractivity (Wildman–Crippen MR) is 35.7 cm³/mol. The molecule has 2 rings (SSSR count). The zero-order chi connectivity index (χ0) is 5.40. The number of rotatable bonds is 0. The molecule has 0 amide bonds. The Balaban J connectivity index is 2.20. The third-order valence-electron chi connectivity index (χ3n) is 1.26. The van der Waals surface area contributed by atoms with Crippen LogP contribution in [0.2, 0.25) is 0 Å². The number of hydrogen-bond acceptors (Lipinski definition) is 3. The minimum absolute atomic E-state index is 0.384. The van der Waals surface area contributed by atoms with Gasteiger partial charge in [-0.2, -0.15) is 0 Å². The van der Waals surface area contributed by atoms with Crippen molar-refractivity contribution in [1.29, 1.82) is 0 Å². The Morgan fingerprint density at radius 1 is 1.75 bits per heavy atom. The lowest BCUT2D eigenvalue weighted by Crippen LogP contribution is -2.17. The maximum absolute atomic E-state index is 4.20. The summed E-state index contributed by atoms with van der Waals surface area (Å²) in [6.07, 6.45) is 4.05. The van der Waals surface area contributed by atoms with Gasteiger partial charge in [-0.1, -0.05) is 11.8 Å². The van der Waals surface area contributed by atoms with Gasteiger partial charge < -0.3 is 4.90 Å². The largest absolute Gasteiger partial charge is 0.342 e. The lowest BCUT2D eigenvalue weighted by molar-refractivity contribution is 0.449. The molecule has 8 heavy (non-hydrogen) atoms. The molecule has 2 heterocycles. The Bertz CT molecular complexity index is 135. The van der Waals surface area contributed by atoms with Crippen LogP contribution >= 0.6 is 11.8 Å². The van der Waals surface area contributed by atoms with Crippen molar-refractivity contribution in [3.05, 3.63) is 11.6 Å². The van der Waals surface area contributed by atoms with Gasteiger partial charge in [0.1, 0.15) is 0 Å². The van der Waals surface area contributed by atoms with Gasteiger partial charge in [0.05, 0.1) is 6.54 Å². The molecule has 0 aromatic carbocycles. The minimum atomic E-state index is 0.384. The van der Waals surface area contributed by atoms with Gasteiger partial charge in [-0.05, 0) is 5.41 Å². The lowest BCUT2D eigenvalue weighted by atomic mass is 10.7. The number of hydrogen-bond donors (Lipinski definition) is 0. The molecule has 0 spiro atoms. The Morgan fingerprint density at radius 3 is 3.62 bits per heavy atom. The molecular weight excluding hydrogens is 120 g/mol. The fraction of sp³-hybridized carbons (Fsp3) is 0.400. The van der Waals surface area contributed by atoms with Crippen molar-refractivity contribution in [2.75, 3.05) is 6.54 Å². The van der Waals surface area contributed by atoms with E-state index in [1.54, 1.807) is 11.8 Å². The second kappa shape index (κ2) is 1.52. The molecule has 0 fully saturated rings. The predicted octanol–water partition coefficient (Wildman–Crippen LogP) is 0.874. The van der Waals surface area contributed by atoms with E-state index in [1.165, 1.54) is 0 Å². The third-order valence-corrected chi connectivity index (χ3v) is 2.18. The summed E-state index contributed by atoms with van der Waals surface area (Å²) in [5.41, 5.74) is 0.384. The first-order valence-electron chi connectivity index (χ1n) is 2.56. The van der Waals surface area contributed by atoms with Crippen molar-refractivity contribution in [2.45, 2.75) is 5.50 Å². The van der Waals surface area contributed by atoms with E-state index in [2.05, 4.69) is 21.5 Å². The molecule has 0 N–H and O–H groups in total. The molecule has 0 aromatic rings. The van der Waals surface area contributed by atoms with Gasteiger partial charge in [0.15, 0.2) is 5.50 Å². The summed E-state index contributed by atoms with van der Waals surface area (Å²) in [7, 11) is 0. The van der Waals surface area contributed by atoms with E-state index in [4.69, 9.17) is 0 Å². The van der Waals surface area contributed by atoms with Crippen LogP contribution in [0.25, 0.3) is 0 Å². The van der Waals surface area contributed by atoms with E-state index < -0.39 is 0 Å². The molecule has 2 nitrogen and oxygen atoms in total. The smallest absolute Gasteiger partial charge is 0.172 e. The molecule has 2 aliphatic rings. The number of nitrogens with zero attached hydrogens (tertiary/aromatic N) is 2. The minimum Gasteiger partial charge on any atom is -0.342 e. The molecule has 42 valence electrons. The summed E-state index contributed by atoms with van der Waals surface area (Å²) in [6.45, 7) is 0.994. The SMILES string of the molecule is C1=CN2CC=NC2S1. The quantitative estimate of drug-likeness (QED) is 0.478. The molecule has 2 aliphatic heterocycles. The van der Waals surface area contributed by atoms with Gasteiger partial charge in [0, 0.05) is 12.4 Å². The summed E-state index contributed by atoms with van der Waals surface area (Å²) < 4.78 is 0. The average Bonchev–Trinajstić information content (AvgIpc) is 2.15. The standard InChI is InChI=1S/C5H6N2S/c1-2-7-3-4-8-5(7)6-1/h1,3-5H,2H2. The Hall–Kier alpha value is -0.440. The number of thioether (sulfide) groups is 1. The molecule has 0 bridgehead atoms. The van der Waals surface area contributed by atoms with Gasteiger partial charge in [0.2, 0.25) is 0 Å². The highest BCUT2D eigenvalue weighted by Gasteiger charge is 2.20. The maximum atomic E-state index is 4.20. The zero-order valence-corrected chi connectivity index (χ0v) is 5.14. The van der Waals surface area contributed by atoms with E-state index in [0.717, 1.165) is 6.54 Å². The first-order chi connectivity index (χ1) is 3.97. The van der Waals surface area contributed by atoms with Crippen LogP contribution in [0.3, 0.4) is 0 Å². The molecule has 1 unspecified atom stereocenters. The van der Waals surface area contributed by atoms with Crippen LogP contribution in [0.15, 0.2) is 16.6 Å². The van der Waals surface area contributed by atoms with Gasteiger partial charge in [-0.25, -0.2) is 0 Å². The topological polar surface area (TPSA) is 15.6 Å². The summed E-state index contributed by atoms with van der Waals surface area (Å²) in [5.74, 6) is 0. The second-order valence-corrected chi connectivity index (χ2v) is 2.74. The molecule has 0 aliphatic carbocycles. The highest BCUT2D eigenvalue weighted by atomic mass is 32.2. The van der Waals surface area contributed by atoms with Gasteiger partial charge >= 0.3 is 0 Å². The van der Waals surface area contributed by atoms with Crippen LogP contribution in [0.1, 0.15) is 0 Å². The highest BCUT2D eigenvalue weighted by molar-refractivity contribution is 8.02. The third kappa shape index (κ3) is 0.478. The van der Waals surface area contributed by atoms with Crippen molar-refractivity contribution in [1.82, 2.24) is 4.90 Å². The van der Waals surface area contributed by atoms with Gasteiger partial charge in [0.25, 0.3) is 0 Å². The molecule has 0 aromatic heterocycles. The number of fused-ring (bicyclic) bond motifs is 1. The molecule has 3 heteroatoms. The van der Waals surface area contributed by atoms with E-state index in [1.807, 2.05) is 6.21 Å². The summed E-state index contributed by atoms with van der Waals surface area (Å²) in [6, 6.07) is 0. The zero-order valence-electron chi connectivity index (χ0n) is 4.32. The Kier molecular flexibility index (Phi) is 0.842. The monoisotopic (exact) mass is 126 g/mol. The molecule has 0 saturated heterocycles. The van der Waals surface area contributed by atoms with E-state index in [9.17, 15) is 0 Å². The van der Waals surface area contributed by atoms with Crippen LogP contribution in [-0.2, 0) is 0 Å². The maximum Gasteiger partial charge on any atom is 0.172 e. The fourth-order valence-electron chi connectivity index (χ4n) is 0.839. The summed E-state index contributed by atoms with van der Waals surface area (Å²) in [4.78, 5) is 6.40. The Morgan fingerprint density at radius 2 is 2.75 bits per heavy atom. The van der Waals surface area contributed by atoms with E-state index in [0.29, 0.717) is 5.50 Å². The normalized spacial score (nSPS) is 32.0. The van der Waals surface area contributed by atoms with Gasteiger partial charge in [-0.3, -0.25) is 4.99 Å². The highest BCUT2D eigenvalue weighted by Crippen LogP contribution is 2.27. The molecule has 1 atom stereocenters. The van der Waals surface area contributed by atoms with Crippen molar-refractivity contribution in [3.8, 4) is 0 Å². The van der Waals surface area contributed by atoms with Crippen molar-refractivity contribution < 1.29 is 0 Å². The van der Waals surface area contributed by atoms with Crippen LogP contribution in [0.5, 0.6) is 0 Å². The van der Waals surface area contributed by atoms with E-state index in [-0.39, 0.29) is 0 Å². The van der Waals surface area contributed by atoms with Crippen molar-refractivity contribution >= 4 is 18.0 Å². The first kappa shape index (κ1) is 4.44. The first-order valence-corrected chi connectivity index (χ1v) is 3.50. The van der Waals surface area contributed by atoms with Crippen molar-refractivity contribution in [3.63, 3.8) is 0 Å². The van der Waals surface area contributed by atoms with Gasteiger partial charge in [-0.15, -0.1) is 0 Å². The summed E-state index contributed by atoms with van der Waals surface area (Å²) in [5, 5.41) is 2.08. The van der Waals surface area contributed by atoms with Crippen LogP contribution in [0, 0.1) is 0 Å².